The molecule has 116 valence electrons. The summed E-state index contributed by atoms with van der Waals surface area (Å²) in [4.78, 5) is 2.64. The zero-order chi connectivity index (χ0) is 15.2. The van der Waals surface area contributed by atoms with E-state index in [4.69, 9.17) is 0 Å². The van der Waals surface area contributed by atoms with Gasteiger partial charge in [-0.15, -0.1) is 0 Å². The standard InChI is InChI=1S/C20H26N2/c1-2-9-19-16-22(15-17-10-5-3-6-11-17)20(14-21-19)18-12-7-4-8-13-18/h3-8,10-13,19-21H,2,9,14-16H2,1H3. The van der Waals surface area contributed by atoms with Crippen LogP contribution in [0.15, 0.2) is 60.7 Å². The Bertz CT molecular complexity index is 552. The van der Waals surface area contributed by atoms with E-state index in [-0.39, 0.29) is 0 Å². The molecule has 2 aromatic rings. The maximum Gasteiger partial charge on any atom is 0.0476 e. The van der Waals surface area contributed by atoms with E-state index in [0.717, 1.165) is 19.6 Å². The van der Waals surface area contributed by atoms with Crippen LogP contribution in [-0.4, -0.2) is 24.0 Å². The highest BCUT2D eigenvalue weighted by Gasteiger charge is 2.28. The van der Waals surface area contributed by atoms with Gasteiger partial charge in [0.05, 0.1) is 0 Å². The van der Waals surface area contributed by atoms with E-state index >= 15 is 0 Å². The van der Waals surface area contributed by atoms with Crippen molar-refractivity contribution in [1.29, 1.82) is 0 Å². The maximum atomic E-state index is 3.74. The van der Waals surface area contributed by atoms with Crippen LogP contribution in [0.2, 0.25) is 0 Å². The third kappa shape index (κ3) is 3.76. The van der Waals surface area contributed by atoms with Crippen LogP contribution in [0.4, 0.5) is 0 Å². The maximum absolute atomic E-state index is 3.74. The van der Waals surface area contributed by atoms with E-state index < -0.39 is 0 Å². The van der Waals surface area contributed by atoms with Crippen molar-refractivity contribution in [2.24, 2.45) is 0 Å². The monoisotopic (exact) mass is 294 g/mol. The Hall–Kier alpha value is -1.64. The van der Waals surface area contributed by atoms with Gasteiger partial charge >= 0.3 is 0 Å². The molecule has 0 bridgehead atoms. The summed E-state index contributed by atoms with van der Waals surface area (Å²) >= 11 is 0. The zero-order valence-corrected chi connectivity index (χ0v) is 13.4. The summed E-state index contributed by atoms with van der Waals surface area (Å²) in [5.74, 6) is 0. The lowest BCUT2D eigenvalue weighted by Crippen LogP contribution is -2.51. The highest BCUT2D eigenvalue weighted by atomic mass is 15.2. The quantitative estimate of drug-likeness (QED) is 0.896. The molecule has 22 heavy (non-hydrogen) atoms. The average Bonchev–Trinajstić information content (AvgIpc) is 2.57. The molecule has 1 aliphatic rings. The molecular formula is C20H26N2. The fourth-order valence-corrected chi connectivity index (χ4v) is 3.42. The first-order valence-corrected chi connectivity index (χ1v) is 8.43. The summed E-state index contributed by atoms with van der Waals surface area (Å²) in [7, 11) is 0. The average molecular weight is 294 g/mol. The first-order chi connectivity index (χ1) is 10.9. The van der Waals surface area contributed by atoms with Crippen LogP contribution >= 0.6 is 0 Å². The van der Waals surface area contributed by atoms with Crippen LogP contribution in [0.3, 0.4) is 0 Å². The van der Waals surface area contributed by atoms with Crippen molar-refractivity contribution in [2.45, 2.75) is 38.4 Å². The number of nitrogens with one attached hydrogen (secondary N) is 1. The highest BCUT2D eigenvalue weighted by Crippen LogP contribution is 2.26. The number of rotatable bonds is 5. The lowest BCUT2D eigenvalue weighted by Gasteiger charge is -2.41. The predicted molar refractivity (Wildman–Crippen MR) is 92.7 cm³/mol. The number of hydrogen-bond acceptors (Lipinski definition) is 2. The van der Waals surface area contributed by atoms with Gasteiger partial charge < -0.3 is 5.32 Å². The largest absolute Gasteiger partial charge is 0.311 e. The molecule has 1 saturated heterocycles. The first-order valence-electron chi connectivity index (χ1n) is 8.43. The van der Waals surface area contributed by atoms with Crippen LogP contribution in [-0.2, 0) is 6.54 Å². The second-order valence-corrected chi connectivity index (χ2v) is 6.24. The minimum Gasteiger partial charge on any atom is -0.311 e. The van der Waals surface area contributed by atoms with E-state index in [9.17, 15) is 0 Å². The zero-order valence-electron chi connectivity index (χ0n) is 13.4. The second kappa shape index (κ2) is 7.57. The van der Waals surface area contributed by atoms with Crippen molar-refractivity contribution in [3.8, 4) is 0 Å². The molecule has 0 aliphatic carbocycles. The minimum absolute atomic E-state index is 0.467. The van der Waals surface area contributed by atoms with E-state index in [1.165, 1.54) is 24.0 Å². The molecule has 0 saturated carbocycles. The molecule has 2 atom stereocenters. The number of benzene rings is 2. The lowest BCUT2D eigenvalue weighted by molar-refractivity contribution is 0.119. The number of nitrogens with zero attached hydrogens (tertiary/aromatic N) is 1. The molecule has 3 rings (SSSR count). The Morgan fingerprint density at radius 3 is 2.36 bits per heavy atom. The van der Waals surface area contributed by atoms with Gasteiger partial charge in [0.15, 0.2) is 0 Å². The van der Waals surface area contributed by atoms with Gasteiger partial charge in [0.1, 0.15) is 0 Å². The summed E-state index contributed by atoms with van der Waals surface area (Å²) in [6.45, 7) is 5.47. The number of hydrogen-bond donors (Lipinski definition) is 1. The van der Waals surface area contributed by atoms with Crippen LogP contribution in [0.25, 0.3) is 0 Å². The number of piperazine rings is 1. The Morgan fingerprint density at radius 1 is 1.00 bits per heavy atom. The van der Waals surface area contributed by atoms with E-state index in [0.29, 0.717) is 12.1 Å². The van der Waals surface area contributed by atoms with Crippen molar-refractivity contribution < 1.29 is 0 Å². The van der Waals surface area contributed by atoms with Gasteiger partial charge in [-0.3, -0.25) is 4.90 Å². The fourth-order valence-electron chi connectivity index (χ4n) is 3.42. The fraction of sp³-hybridized carbons (Fsp3) is 0.400. The molecule has 1 fully saturated rings. The van der Waals surface area contributed by atoms with E-state index in [2.05, 4.69) is 77.8 Å². The Balaban J connectivity index is 1.78. The molecule has 2 unspecified atom stereocenters. The molecule has 1 aliphatic heterocycles. The van der Waals surface area contributed by atoms with Gasteiger partial charge in [-0.25, -0.2) is 0 Å². The smallest absolute Gasteiger partial charge is 0.0476 e. The van der Waals surface area contributed by atoms with Crippen molar-refractivity contribution in [1.82, 2.24) is 10.2 Å². The van der Waals surface area contributed by atoms with Crippen LogP contribution < -0.4 is 5.32 Å². The van der Waals surface area contributed by atoms with Crippen molar-refractivity contribution in [3.63, 3.8) is 0 Å². The Morgan fingerprint density at radius 2 is 1.68 bits per heavy atom. The summed E-state index contributed by atoms with van der Waals surface area (Å²) < 4.78 is 0. The third-order valence-corrected chi connectivity index (χ3v) is 4.55. The van der Waals surface area contributed by atoms with Crippen LogP contribution in [0.5, 0.6) is 0 Å². The van der Waals surface area contributed by atoms with Crippen LogP contribution in [0.1, 0.15) is 36.9 Å². The lowest BCUT2D eigenvalue weighted by atomic mass is 9.98. The van der Waals surface area contributed by atoms with Crippen LogP contribution in [0, 0.1) is 0 Å². The van der Waals surface area contributed by atoms with Gasteiger partial charge in [0.2, 0.25) is 0 Å². The summed E-state index contributed by atoms with van der Waals surface area (Å²) in [6, 6.07) is 22.8. The molecule has 0 radical (unpaired) electrons. The van der Waals surface area contributed by atoms with Crippen molar-refractivity contribution in [3.05, 3.63) is 71.8 Å². The van der Waals surface area contributed by atoms with Gasteiger partial charge in [-0.05, 0) is 17.5 Å². The Kier molecular flexibility index (Phi) is 5.25. The molecule has 1 heterocycles. The van der Waals surface area contributed by atoms with Crippen molar-refractivity contribution >= 4 is 0 Å². The van der Waals surface area contributed by atoms with Gasteiger partial charge in [0.25, 0.3) is 0 Å². The molecule has 0 amide bonds. The molecule has 0 aromatic heterocycles. The molecular weight excluding hydrogens is 268 g/mol. The summed E-state index contributed by atoms with van der Waals surface area (Å²) in [5, 5.41) is 3.74. The first kappa shape index (κ1) is 15.3. The summed E-state index contributed by atoms with van der Waals surface area (Å²) in [5.41, 5.74) is 2.82. The second-order valence-electron chi connectivity index (χ2n) is 6.24. The third-order valence-electron chi connectivity index (χ3n) is 4.55. The SMILES string of the molecule is CCCC1CN(Cc2ccccc2)C(c2ccccc2)CN1. The molecule has 2 aromatic carbocycles. The molecule has 0 spiro atoms. The summed E-state index contributed by atoms with van der Waals surface area (Å²) in [6.07, 6.45) is 2.50. The van der Waals surface area contributed by atoms with Gasteiger partial charge in [-0.1, -0.05) is 74.0 Å². The minimum atomic E-state index is 0.467. The highest BCUT2D eigenvalue weighted by molar-refractivity contribution is 5.22. The normalized spacial score (nSPS) is 22.6. The van der Waals surface area contributed by atoms with Crippen molar-refractivity contribution in [2.75, 3.05) is 13.1 Å². The Labute approximate surface area is 134 Å². The van der Waals surface area contributed by atoms with Gasteiger partial charge in [-0.2, -0.15) is 0 Å². The topological polar surface area (TPSA) is 15.3 Å². The molecule has 2 heteroatoms. The molecule has 2 nitrogen and oxygen atoms in total. The van der Waals surface area contributed by atoms with E-state index in [1.807, 2.05) is 0 Å². The van der Waals surface area contributed by atoms with E-state index in [1.54, 1.807) is 0 Å². The molecule has 1 N–H and O–H groups in total. The predicted octanol–water partition coefficient (Wildman–Crippen LogP) is 4.00. The van der Waals surface area contributed by atoms with Gasteiger partial charge in [0, 0.05) is 31.7 Å².